The van der Waals surface area contributed by atoms with Gasteiger partial charge >= 0.3 is 0 Å². The summed E-state index contributed by atoms with van der Waals surface area (Å²) in [5, 5.41) is 2.89. The summed E-state index contributed by atoms with van der Waals surface area (Å²) in [6.45, 7) is 7.87. The Morgan fingerprint density at radius 1 is 1.47 bits per heavy atom. The lowest BCUT2D eigenvalue weighted by atomic mass is 9.96. The van der Waals surface area contributed by atoms with E-state index in [-0.39, 0.29) is 11.8 Å². The van der Waals surface area contributed by atoms with Gasteiger partial charge in [0.2, 0.25) is 5.91 Å². The maximum absolute atomic E-state index is 11.8. The quantitative estimate of drug-likeness (QED) is 0.670. The zero-order chi connectivity index (χ0) is 11.9. The highest BCUT2D eigenvalue weighted by Gasteiger charge is 2.22. The van der Waals surface area contributed by atoms with Crippen molar-refractivity contribution in [2.45, 2.75) is 58.9 Å². The standard InChI is InChI=1S/C13H23NO/c1-6-9-10-11(7-2)12(15)14-13(4,5)8-3/h3,11H,6-7,9-10H2,1-2,4-5H3,(H,14,15). The second kappa shape index (κ2) is 6.50. The van der Waals surface area contributed by atoms with Gasteiger partial charge in [0.1, 0.15) is 0 Å². The third kappa shape index (κ3) is 5.47. The number of terminal acetylenes is 1. The zero-order valence-corrected chi connectivity index (χ0v) is 10.4. The van der Waals surface area contributed by atoms with Crippen LogP contribution in [-0.4, -0.2) is 11.4 Å². The van der Waals surface area contributed by atoms with Crippen LogP contribution in [0.4, 0.5) is 0 Å². The molecule has 0 rings (SSSR count). The Kier molecular flexibility index (Phi) is 6.08. The minimum Gasteiger partial charge on any atom is -0.340 e. The fourth-order valence-corrected chi connectivity index (χ4v) is 1.42. The number of carbonyl (C=O) groups excluding carboxylic acids is 1. The molecule has 2 nitrogen and oxygen atoms in total. The van der Waals surface area contributed by atoms with Gasteiger partial charge in [-0.3, -0.25) is 4.79 Å². The smallest absolute Gasteiger partial charge is 0.224 e. The lowest BCUT2D eigenvalue weighted by molar-refractivity contribution is -0.126. The normalized spacial score (nSPS) is 13.0. The van der Waals surface area contributed by atoms with Crippen LogP contribution in [0.3, 0.4) is 0 Å². The number of nitrogens with one attached hydrogen (secondary N) is 1. The van der Waals surface area contributed by atoms with E-state index in [0.29, 0.717) is 0 Å². The predicted octanol–water partition coefficient (Wildman–Crippen LogP) is 2.73. The summed E-state index contributed by atoms with van der Waals surface area (Å²) >= 11 is 0. The van der Waals surface area contributed by atoms with Gasteiger partial charge in [0.15, 0.2) is 0 Å². The maximum Gasteiger partial charge on any atom is 0.224 e. The van der Waals surface area contributed by atoms with E-state index in [4.69, 9.17) is 6.42 Å². The number of hydrogen-bond acceptors (Lipinski definition) is 1. The molecule has 0 saturated carbocycles. The second-order valence-electron chi connectivity index (χ2n) is 4.51. The van der Waals surface area contributed by atoms with Gasteiger partial charge in [0, 0.05) is 5.92 Å². The van der Waals surface area contributed by atoms with E-state index < -0.39 is 5.54 Å². The van der Waals surface area contributed by atoms with Crippen molar-refractivity contribution in [3.05, 3.63) is 0 Å². The third-order valence-corrected chi connectivity index (χ3v) is 2.57. The Hall–Kier alpha value is -0.970. The Morgan fingerprint density at radius 2 is 2.07 bits per heavy atom. The number of rotatable bonds is 6. The van der Waals surface area contributed by atoms with Crippen LogP contribution in [0.1, 0.15) is 53.4 Å². The van der Waals surface area contributed by atoms with E-state index in [9.17, 15) is 4.79 Å². The molecule has 0 aliphatic heterocycles. The molecule has 0 heterocycles. The van der Waals surface area contributed by atoms with Crippen LogP contribution < -0.4 is 5.32 Å². The van der Waals surface area contributed by atoms with Crippen LogP contribution in [-0.2, 0) is 4.79 Å². The Bertz CT molecular complexity index is 237. The topological polar surface area (TPSA) is 29.1 Å². The minimum absolute atomic E-state index is 0.0916. The van der Waals surface area contributed by atoms with Crippen LogP contribution in [0, 0.1) is 18.3 Å². The fourth-order valence-electron chi connectivity index (χ4n) is 1.42. The van der Waals surface area contributed by atoms with Gasteiger partial charge in [-0.2, -0.15) is 0 Å². The molecular formula is C13H23NO. The summed E-state index contributed by atoms with van der Waals surface area (Å²) in [6.07, 6.45) is 9.40. The molecule has 0 saturated heterocycles. The van der Waals surface area contributed by atoms with Crippen LogP contribution in [0.15, 0.2) is 0 Å². The molecule has 0 radical (unpaired) electrons. The summed E-state index contributed by atoms with van der Waals surface area (Å²) in [5.41, 5.74) is -0.531. The van der Waals surface area contributed by atoms with Crippen LogP contribution in [0.25, 0.3) is 0 Å². The predicted molar refractivity (Wildman–Crippen MR) is 64.4 cm³/mol. The van der Waals surface area contributed by atoms with Gasteiger partial charge in [-0.25, -0.2) is 0 Å². The zero-order valence-electron chi connectivity index (χ0n) is 10.4. The molecule has 0 aromatic heterocycles. The first-order valence-electron chi connectivity index (χ1n) is 5.76. The van der Waals surface area contributed by atoms with E-state index in [2.05, 4.69) is 18.2 Å². The Morgan fingerprint density at radius 3 is 2.47 bits per heavy atom. The molecule has 0 aromatic carbocycles. The van der Waals surface area contributed by atoms with Gasteiger partial charge in [-0.1, -0.05) is 32.6 Å². The number of carbonyl (C=O) groups is 1. The summed E-state index contributed by atoms with van der Waals surface area (Å²) in [4.78, 5) is 11.8. The van der Waals surface area contributed by atoms with Gasteiger partial charge < -0.3 is 5.32 Å². The SMILES string of the molecule is C#CC(C)(C)NC(=O)C(CC)CCCC. The second-order valence-corrected chi connectivity index (χ2v) is 4.51. The highest BCUT2D eigenvalue weighted by atomic mass is 16.2. The maximum atomic E-state index is 11.8. The van der Waals surface area contributed by atoms with Gasteiger partial charge in [-0.05, 0) is 26.7 Å². The summed E-state index contributed by atoms with van der Waals surface area (Å²) < 4.78 is 0. The summed E-state index contributed by atoms with van der Waals surface area (Å²) in [6, 6.07) is 0. The molecule has 1 N–H and O–H groups in total. The molecule has 1 unspecified atom stereocenters. The Balaban J connectivity index is 4.23. The van der Waals surface area contributed by atoms with Crippen molar-refractivity contribution in [1.29, 1.82) is 0 Å². The van der Waals surface area contributed by atoms with Gasteiger partial charge in [0.05, 0.1) is 5.54 Å². The molecule has 0 aliphatic carbocycles. The number of hydrogen-bond donors (Lipinski definition) is 1. The summed E-state index contributed by atoms with van der Waals surface area (Å²) in [7, 11) is 0. The lowest BCUT2D eigenvalue weighted by Gasteiger charge is -2.23. The van der Waals surface area contributed by atoms with E-state index in [0.717, 1.165) is 25.7 Å². The molecule has 15 heavy (non-hydrogen) atoms. The van der Waals surface area contributed by atoms with Crippen molar-refractivity contribution in [1.82, 2.24) is 5.32 Å². The van der Waals surface area contributed by atoms with Gasteiger partial charge in [-0.15, -0.1) is 6.42 Å². The van der Waals surface area contributed by atoms with Crippen molar-refractivity contribution >= 4 is 5.91 Å². The fraction of sp³-hybridized carbons (Fsp3) is 0.769. The summed E-state index contributed by atoms with van der Waals surface area (Å²) in [5.74, 6) is 2.78. The average Bonchev–Trinajstić information content (AvgIpc) is 2.18. The van der Waals surface area contributed by atoms with Crippen molar-refractivity contribution < 1.29 is 4.79 Å². The van der Waals surface area contributed by atoms with Crippen molar-refractivity contribution in [2.24, 2.45) is 5.92 Å². The van der Waals surface area contributed by atoms with Crippen LogP contribution in [0.5, 0.6) is 0 Å². The number of amides is 1. The average molecular weight is 209 g/mol. The molecule has 0 aromatic rings. The van der Waals surface area contributed by atoms with E-state index in [1.165, 1.54) is 0 Å². The molecular weight excluding hydrogens is 186 g/mol. The molecule has 86 valence electrons. The highest BCUT2D eigenvalue weighted by Crippen LogP contribution is 2.14. The van der Waals surface area contributed by atoms with E-state index in [1.807, 2.05) is 20.8 Å². The molecule has 0 spiro atoms. The monoisotopic (exact) mass is 209 g/mol. The largest absolute Gasteiger partial charge is 0.340 e. The van der Waals surface area contributed by atoms with Gasteiger partial charge in [0.25, 0.3) is 0 Å². The molecule has 1 atom stereocenters. The minimum atomic E-state index is -0.531. The highest BCUT2D eigenvalue weighted by molar-refractivity contribution is 5.79. The first kappa shape index (κ1) is 14.0. The lowest BCUT2D eigenvalue weighted by Crippen LogP contribution is -2.45. The molecule has 0 fully saturated rings. The van der Waals surface area contributed by atoms with Crippen molar-refractivity contribution in [3.63, 3.8) is 0 Å². The van der Waals surface area contributed by atoms with Crippen molar-refractivity contribution in [3.8, 4) is 12.3 Å². The Labute approximate surface area is 93.8 Å². The number of unbranched alkanes of at least 4 members (excludes halogenated alkanes) is 1. The van der Waals surface area contributed by atoms with E-state index >= 15 is 0 Å². The molecule has 2 heteroatoms. The third-order valence-electron chi connectivity index (χ3n) is 2.57. The molecule has 1 amide bonds. The van der Waals surface area contributed by atoms with Crippen molar-refractivity contribution in [2.75, 3.05) is 0 Å². The van der Waals surface area contributed by atoms with Crippen LogP contribution >= 0.6 is 0 Å². The molecule has 0 bridgehead atoms. The molecule has 0 aliphatic rings. The first-order valence-corrected chi connectivity index (χ1v) is 5.76. The van der Waals surface area contributed by atoms with Crippen LogP contribution in [0.2, 0.25) is 0 Å². The van der Waals surface area contributed by atoms with E-state index in [1.54, 1.807) is 0 Å². The first-order chi connectivity index (χ1) is 6.96.